The number of nitrogens with zero attached hydrogens (tertiary/aromatic N) is 1. The summed E-state index contributed by atoms with van der Waals surface area (Å²) in [5.41, 5.74) is 1.41. The minimum Gasteiger partial charge on any atom is -0.461 e. The molecule has 1 aliphatic heterocycles. The number of benzene rings is 1. The second-order valence-electron chi connectivity index (χ2n) is 4.00. The Morgan fingerprint density at radius 1 is 1.35 bits per heavy atom. The lowest BCUT2D eigenvalue weighted by molar-refractivity contribution is -0.135. The molecule has 0 unspecified atom stereocenters. The average molecular weight is 279 g/mol. The standard InChI is InChI=1S/C14H17NO5/c1-3-18-13(16)12(15-17-2)10-6-4-5-7-11(10)14-19-8-9-20-14/h4-7,14H,3,8-9H2,1-2H3/b15-12+. The van der Waals surface area contributed by atoms with Crippen molar-refractivity contribution >= 4 is 11.7 Å². The first-order valence-corrected chi connectivity index (χ1v) is 6.38. The number of hydrogen-bond acceptors (Lipinski definition) is 6. The molecular weight excluding hydrogens is 262 g/mol. The van der Waals surface area contributed by atoms with E-state index in [1.807, 2.05) is 12.1 Å². The summed E-state index contributed by atoms with van der Waals surface area (Å²) in [6.07, 6.45) is -0.498. The largest absolute Gasteiger partial charge is 0.461 e. The monoisotopic (exact) mass is 279 g/mol. The van der Waals surface area contributed by atoms with Crippen molar-refractivity contribution in [1.29, 1.82) is 0 Å². The molecular formula is C14H17NO5. The van der Waals surface area contributed by atoms with Gasteiger partial charge in [-0.2, -0.15) is 0 Å². The Hall–Kier alpha value is -1.92. The highest BCUT2D eigenvalue weighted by molar-refractivity contribution is 6.43. The third kappa shape index (κ3) is 3.15. The molecule has 1 aliphatic rings. The Labute approximate surface area is 117 Å². The Kier molecular flexibility index (Phi) is 5.09. The molecule has 0 saturated carbocycles. The number of hydrogen-bond donors (Lipinski definition) is 0. The maximum absolute atomic E-state index is 12.0. The minimum absolute atomic E-state index is 0.101. The normalized spacial score (nSPS) is 16.2. The van der Waals surface area contributed by atoms with Crippen LogP contribution in [-0.4, -0.2) is 38.6 Å². The highest BCUT2D eigenvalue weighted by atomic mass is 16.7. The van der Waals surface area contributed by atoms with Gasteiger partial charge in [0.2, 0.25) is 0 Å². The second-order valence-corrected chi connectivity index (χ2v) is 4.00. The van der Waals surface area contributed by atoms with Gasteiger partial charge in [0.1, 0.15) is 7.11 Å². The van der Waals surface area contributed by atoms with Gasteiger partial charge in [-0.1, -0.05) is 29.4 Å². The first-order chi connectivity index (χ1) is 9.77. The lowest BCUT2D eigenvalue weighted by atomic mass is 10.0. The smallest absolute Gasteiger partial charge is 0.361 e. The van der Waals surface area contributed by atoms with Gasteiger partial charge < -0.3 is 19.0 Å². The molecule has 0 aromatic heterocycles. The highest BCUT2D eigenvalue weighted by Crippen LogP contribution is 2.27. The number of carbonyl (C=O) groups excluding carboxylic acids is 1. The van der Waals surface area contributed by atoms with Crippen LogP contribution in [0.3, 0.4) is 0 Å². The van der Waals surface area contributed by atoms with Gasteiger partial charge in [-0.25, -0.2) is 4.79 Å². The lowest BCUT2D eigenvalue weighted by Crippen LogP contribution is -2.21. The summed E-state index contributed by atoms with van der Waals surface area (Å²) in [7, 11) is 1.38. The minimum atomic E-state index is -0.542. The number of ether oxygens (including phenoxy) is 3. The van der Waals surface area contributed by atoms with Crippen LogP contribution in [0.25, 0.3) is 0 Å². The van der Waals surface area contributed by atoms with Crippen molar-refractivity contribution in [1.82, 2.24) is 0 Å². The Morgan fingerprint density at radius 2 is 2.05 bits per heavy atom. The summed E-state index contributed by atoms with van der Waals surface area (Å²) in [5, 5.41) is 3.78. The van der Waals surface area contributed by atoms with E-state index in [-0.39, 0.29) is 12.3 Å². The average Bonchev–Trinajstić information content (AvgIpc) is 2.99. The Balaban J connectivity index is 2.38. The van der Waals surface area contributed by atoms with Crippen molar-refractivity contribution in [2.24, 2.45) is 5.16 Å². The molecule has 0 amide bonds. The van der Waals surface area contributed by atoms with Gasteiger partial charge in [-0.15, -0.1) is 0 Å². The van der Waals surface area contributed by atoms with Crippen molar-refractivity contribution in [3.63, 3.8) is 0 Å². The molecule has 1 fully saturated rings. The maximum atomic E-state index is 12.0. The van der Waals surface area contributed by atoms with Crippen LogP contribution in [0, 0.1) is 0 Å². The van der Waals surface area contributed by atoms with Crippen LogP contribution in [-0.2, 0) is 23.8 Å². The molecule has 0 spiro atoms. The second kappa shape index (κ2) is 7.02. The van der Waals surface area contributed by atoms with Gasteiger partial charge in [0.05, 0.1) is 19.8 Å². The fraction of sp³-hybridized carbons (Fsp3) is 0.429. The molecule has 108 valence electrons. The van der Waals surface area contributed by atoms with Gasteiger partial charge in [-0.3, -0.25) is 0 Å². The van der Waals surface area contributed by atoms with E-state index in [0.29, 0.717) is 18.8 Å². The Bertz CT molecular complexity index is 494. The van der Waals surface area contributed by atoms with E-state index in [9.17, 15) is 4.79 Å². The van der Waals surface area contributed by atoms with Gasteiger partial charge in [0.25, 0.3) is 0 Å². The summed E-state index contributed by atoms with van der Waals surface area (Å²) in [5.74, 6) is -0.542. The molecule has 6 heteroatoms. The molecule has 20 heavy (non-hydrogen) atoms. The molecule has 0 atom stereocenters. The highest BCUT2D eigenvalue weighted by Gasteiger charge is 2.26. The number of carbonyl (C=O) groups is 1. The molecule has 1 saturated heterocycles. The summed E-state index contributed by atoms with van der Waals surface area (Å²) in [6.45, 7) is 3.04. The SMILES string of the molecule is CCOC(=O)/C(=N/OC)c1ccccc1C1OCCO1. The zero-order chi connectivity index (χ0) is 14.4. The van der Waals surface area contributed by atoms with Gasteiger partial charge >= 0.3 is 5.97 Å². The molecule has 1 aromatic carbocycles. The van der Waals surface area contributed by atoms with Crippen LogP contribution in [0.15, 0.2) is 29.4 Å². The van der Waals surface area contributed by atoms with Gasteiger partial charge in [0.15, 0.2) is 12.0 Å². The van der Waals surface area contributed by atoms with E-state index < -0.39 is 12.3 Å². The molecule has 0 N–H and O–H groups in total. The predicted octanol–water partition coefficient (Wildman–Crippen LogP) is 1.65. The predicted molar refractivity (Wildman–Crippen MR) is 71.3 cm³/mol. The maximum Gasteiger partial charge on any atom is 0.361 e. The van der Waals surface area contributed by atoms with Crippen LogP contribution in [0.2, 0.25) is 0 Å². The molecule has 0 bridgehead atoms. The van der Waals surface area contributed by atoms with Crippen LogP contribution in [0.4, 0.5) is 0 Å². The summed E-state index contributed by atoms with van der Waals surface area (Å²) < 4.78 is 16.0. The summed E-state index contributed by atoms with van der Waals surface area (Å²) >= 11 is 0. The van der Waals surface area contributed by atoms with E-state index >= 15 is 0 Å². The molecule has 1 aromatic rings. The van der Waals surface area contributed by atoms with Crippen molar-refractivity contribution in [2.75, 3.05) is 26.9 Å². The zero-order valence-electron chi connectivity index (χ0n) is 11.5. The topological polar surface area (TPSA) is 66.4 Å². The first-order valence-electron chi connectivity index (χ1n) is 6.38. The lowest BCUT2D eigenvalue weighted by Gasteiger charge is -2.14. The van der Waals surface area contributed by atoms with Crippen molar-refractivity contribution in [2.45, 2.75) is 13.2 Å². The van der Waals surface area contributed by atoms with Crippen LogP contribution < -0.4 is 0 Å². The van der Waals surface area contributed by atoms with E-state index in [0.717, 1.165) is 5.56 Å². The quantitative estimate of drug-likeness (QED) is 0.466. The number of oxime groups is 1. The molecule has 6 nitrogen and oxygen atoms in total. The third-order valence-corrected chi connectivity index (χ3v) is 2.74. The first kappa shape index (κ1) is 14.5. The van der Waals surface area contributed by atoms with Crippen molar-refractivity contribution in [3.05, 3.63) is 35.4 Å². The van der Waals surface area contributed by atoms with Crippen LogP contribution in [0.5, 0.6) is 0 Å². The molecule has 0 radical (unpaired) electrons. The van der Waals surface area contributed by atoms with E-state index in [1.165, 1.54) is 7.11 Å². The van der Waals surface area contributed by atoms with Crippen LogP contribution in [0.1, 0.15) is 24.3 Å². The Morgan fingerprint density at radius 3 is 2.70 bits per heavy atom. The van der Waals surface area contributed by atoms with E-state index in [2.05, 4.69) is 5.16 Å². The van der Waals surface area contributed by atoms with E-state index in [4.69, 9.17) is 19.0 Å². The fourth-order valence-electron chi connectivity index (χ4n) is 1.94. The zero-order valence-corrected chi connectivity index (χ0v) is 11.5. The van der Waals surface area contributed by atoms with Crippen molar-refractivity contribution < 1.29 is 23.8 Å². The molecule has 0 aliphatic carbocycles. The van der Waals surface area contributed by atoms with E-state index in [1.54, 1.807) is 19.1 Å². The summed E-state index contributed by atoms with van der Waals surface area (Å²) in [6, 6.07) is 7.24. The van der Waals surface area contributed by atoms with Crippen molar-refractivity contribution in [3.8, 4) is 0 Å². The third-order valence-electron chi connectivity index (χ3n) is 2.74. The van der Waals surface area contributed by atoms with Gasteiger partial charge in [-0.05, 0) is 6.92 Å². The van der Waals surface area contributed by atoms with Gasteiger partial charge in [0, 0.05) is 11.1 Å². The molecule has 2 rings (SSSR count). The fourth-order valence-corrected chi connectivity index (χ4v) is 1.94. The van der Waals surface area contributed by atoms with Crippen LogP contribution >= 0.6 is 0 Å². The molecule has 1 heterocycles. The number of esters is 1. The summed E-state index contributed by atoms with van der Waals surface area (Å²) in [4.78, 5) is 16.7. The number of rotatable bonds is 5.